The van der Waals surface area contributed by atoms with Gasteiger partial charge in [-0.2, -0.15) is 13.2 Å². The van der Waals surface area contributed by atoms with E-state index in [1.54, 1.807) is 29.2 Å². The van der Waals surface area contributed by atoms with Gasteiger partial charge >= 0.3 is 6.18 Å². The van der Waals surface area contributed by atoms with Crippen LogP contribution >= 0.6 is 0 Å². The normalized spacial score (nSPS) is 17.5. The molecule has 126 valence electrons. The molecule has 0 aliphatic carbocycles. The number of hydrogen-bond donors (Lipinski definition) is 0. The molecular formula is C17H16F3N3O. The zero-order valence-corrected chi connectivity index (χ0v) is 13.3. The number of anilines is 1. The second kappa shape index (κ2) is 5.89. The zero-order valence-electron chi connectivity index (χ0n) is 13.3. The van der Waals surface area contributed by atoms with Gasteiger partial charge in [0.25, 0.3) is 0 Å². The summed E-state index contributed by atoms with van der Waals surface area (Å²) >= 11 is 0. The molecule has 0 saturated carbocycles. The Labute approximate surface area is 137 Å². The molecule has 1 unspecified atom stereocenters. The summed E-state index contributed by atoms with van der Waals surface area (Å²) in [6, 6.07) is 7.43. The number of nitrogens with zero attached hydrogens (tertiary/aromatic N) is 3. The highest BCUT2D eigenvalue weighted by molar-refractivity contribution is 5.94. The molecule has 0 radical (unpaired) electrons. The number of carbonyl (C=O) groups excluding carboxylic acids is 1. The quantitative estimate of drug-likeness (QED) is 0.797. The number of alkyl halides is 3. The van der Waals surface area contributed by atoms with E-state index in [0.29, 0.717) is 17.7 Å². The summed E-state index contributed by atoms with van der Waals surface area (Å²) in [5, 5.41) is 0. The maximum Gasteiger partial charge on any atom is 0.433 e. The molecule has 1 atom stereocenters. The second-order valence-corrected chi connectivity index (χ2v) is 5.90. The summed E-state index contributed by atoms with van der Waals surface area (Å²) in [5.41, 5.74) is 0.251. The lowest BCUT2D eigenvalue weighted by Gasteiger charge is -2.39. The SMILES string of the molecule is CC(=O)c1ccc(-c2cc(C(F)(F)F)nc(N3CCC3C)n2)cc1. The Morgan fingerprint density at radius 2 is 1.88 bits per heavy atom. The van der Waals surface area contributed by atoms with Gasteiger partial charge in [-0.05, 0) is 26.3 Å². The summed E-state index contributed by atoms with van der Waals surface area (Å²) in [7, 11) is 0. The van der Waals surface area contributed by atoms with E-state index >= 15 is 0 Å². The molecule has 0 N–H and O–H groups in total. The number of ketones is 1. The molecule has 1 aliphatic rings. The molecule has 0 amide bonds. The Bertz CT molecular complexity index is 772. The van der Waals surface area contributed by atoms with Gasteiger partial charge in [0, 0.05) is 23.7 Å². The van der Waals surface area contributed by atoms with Crippen molar-refractivity contribution in [3.63, 3.8) is 0 Å². The van der Waals surface area contributed by atoms with Crippen molar-refractivity contribution in [2.75, 3.05) is 11.4 Å². The third kappa shape index (κ3) is 3.11. The van der Waals surface area contributed by atoms with Crippen LogP contribution in [-0.4, -0.2) is 28.3 Å². The van der Waals surface area contributed by atoms with E-state index in [0.717, 1.165) is 12.5 Å². The summed E-state index contributed by atoms with van der Waals surface area (Å²) in [5.74, 6) is -0.00969. The number of rotatable bonds is 3. The van der Waals surface area contributed by atoms with E-state index in [1.807, 2.05) is 6.92 Å². The standard InChI is InChI=1S/C17H16F3N3O/c1-10-7-8-23(10)16-21-14(9-15(22-16)17(18,19)20)13-5-3-12(4-6-13)11(2)24/h3-6,9-10H,7-8H2,1-2H3. The smallest absolute Gasteiger partial charge is 0.338 e. The molecule has 1 aromatic heterocycles. The highest BCUT2D eigenvalue weighted by atomic mass is 19.4. The van der Waals surface area contributed by atoms with Crippen molar-refractivity contribution in [2.45, 2.75) is 32.5 Å². The lowest BCUT2D eigenvalue weighted by Crippen LogP contribution is -2.46. The van der Waals surface area contributed by atoms with E-state index in [2.05, 4.69) is 9.97 Å². The predicted molar refractivity (Wildman–Crippen MR) is 83.9 cm³/mol. The third-order valence-corrected chi connectivity index (χ3v) is 4.17. The zero-order chi connectivity index (χ0) is 17.5. The van der Waals surface area contributed by atoms with E-state index in [9.17, 15) is 18.0 Å². The van der Waals surface area contributed by atoms with Gasteiger partial charge in [-0.15, -0.1) is 0 Å². The lowest BCUT2D eigenvalue weighted by molar-refractivity contribution is -0.141. The topological polar surface area (TPSA) is 46.1 Å². The molecule has 1 fully saturated rings. The first kappa shape index (κ1) is 16.4. The summed E-state index contributed by atoms with van der Waals surface area (Å²) in [6.07, 6.45) is -3.64. The number of halogens is 3. The van der Waals surface area contributed by atoms with Gasteiger partial charge in [0.2, 0.25) is 5.95 Å². The second-order valence-electron chi connectivity index (χ2n) is 5.90. The average Bonchev–Trinajstić information content (AvgIpc) is 2.52. The van der Waals surface area contributed by atoms with Crippen LogP contribution in [0.25, 0.3) is 11.3 Å². The van der Waals surface area contributed by atoms with Crippen LogP contribution in [0.15, 0.2) is 30.3 Å². The Hall–Kier alpha value is -2.44. The van der Waals surface area contributed by atoms with Crippen LogP contribution < -0.4 is 4.90 Å². The van der Waals surface area contributed by atoms with Crippen molar-refractivity contribution >= 4 is 11.7 Å². The number of hydrogen-bond acceptors (Lipinski definition) is 4. The van der Waals surface area contributed by atoms with Crippen LogP contribution in [0.1, 0.15) is 36.3 Å². The summed E-state index contributed by atoms with van der Waals surface area (Å²) in [6.45, 7) is 4.00. The molecule has 3 rings (SSSR count). The molecule has 4 nitrogen and oxygen atoms in total. The Balaban J connectivity index is 2.05. The van der Waals surface area contributed by atoms with Crippen LogP contribution in [-0.2, 0) is 6.18 Å². The lowest BCUT2D eigenvalue weighted by atomic mass is 10.1. The minimum Gasteiger partial charge on any atom is -0.338 e. The van der Waals surface area contributed by atoms with Gasteiger partial charge in [0.1, 0.15) is 0 Å². The molecule has 2 heterocycles. The Morgan fingerprint density at radius 1 is 1.21 bits per heavy atom. The Kier molecular flexibility index (Phi) is 4.03. The molecule has 2 aromatic rings. The van der Waals surface area contributed by atoms with E-state index in [1.165, 1.54) is 6.92 Å². The monoisotopic (exact) mass is 335 g/mol. The van der Waals surface area contributed by atoms with Crippen LogP contribution in [0.3, 0.4) is 0 Å². The van der Waals surface area contributed by atoms with Crippen LogP contribution in [0, 0.1) is 0 Å². The van der Waals surface area contributed by atoms with E-state index in [4.69, 9.17) is 0 Å². The summed E-state index contributed by atoms with van der Waals surface area (Å²) < 4.78 is 39.5. The first-order valence-electron chi connectivity index (χ1n) is 7.60. The molecule has 7 heteroatoms. The van der Waals surface area contributed by atoms with Gasteiger partial charge in [0.05, 0.1) is 5.69 Å². The molecule has 1 aliphatic heterocycles. The molecule has 0 bridgehead atoms. The van der Waals surface area contributed by atoms with E-state index in [-0.39, 0.29) is 23.5 Å². The molecular weight excluding hydrogens is 319 g/mol. The van der Waals surface area contributed by atoms with Crippen molar-refractivity contribution in [3.8, 4) is 11.3 Å². The molecule has 1 aromatic carbocycles. The highest BCUT2D eigenvalue weighted by Crippen LogP contribution is 2.33. The number of carbonyl (C=O) groups is 1. The van der Waals surface area contributed by atoms with Gasteiger partial charge in [0.15, 0.2) is 11.5 Å². The van der Waals surface area contributed by atoms with Crippen LogP contribution in [0.5, 0.6) is 0 Å². The number of benzene rings is 1. The Morgan fingerprint density at radius 3 is 2.33 bits per heavy atom. The predicted octanol–water partition coefficient (Wildman–Crippen LogP) is 3.96. The van der Waals surface area contributed by atoms with Gasteiger partial charge in [-0.25, -0.2) is 9.97 Å². The fourth-order valence-corrected chi connectivity index (χ4v) is 2.55. The fourth-order valence-electron chi connectivity index (χ4n) is 2.55. The maximum absolute atomic E-state index is 13.2. The molecule has 0 spiro atoms. The third-order valence-electron chi connectivity index (χ3n) is 4.17. The van der Waals surface area contributed by atoms with Crippen molar-refractivity contribution in [2.24, 2.45) is 0 Å². The maximum atomic E-state index is 13.2. The van der Waals surface area contributed by atoms with E-state index < -0.39 is 11.9 Å². The highest BCUT2D eigenvalue weighted by Gasteiger charge is 2.35. The van der Waals surface area contributed by atoms with Crippen molar-refractivity contribution in [1.82, 2.24) is 9.97 Å². The molecule has 24 heavy (non-hydrogen) atoms. The van der Waals surface area contributed by atoms with Crippen molar-refractivity contribution < 1.29 is 18.0 Å². The number of aromatic nitrogens is 2. The minimum atomic E-state index is -4.54. The molecule has 1 saturated heterocycles. The van der Waals surface area contributed by atoms with Gasteiger partial charge in [-0.1, -0.05) is 24.3 Å². The average molecular weight is 335 g/mol. The van der Waals surface area contributed by atoms with Gasteiger partial charge < -0.3 is 4.90 Å². The first-order chi connectivity index (χ1) is 11.3. The fraction of sp³-hybridized carbons (Fsp3) is 0.353. The van der Waals surface area contributed by atoms with Crippen LogP contribution in [0.2, 0.25) is 0 Å². The number of Topliss-reactive ketones (excluding diaryl/α,β-unsaturated/α-hetero) is 1. The van der Waals surface area contributed by atoms with Crippen LogP contribution in [0.4, 0.5) is 19.1 Å². The van der Waals surface area contributed by atoms with Gasteiger partial charge in [-0.3, -0.25) is 4.79 Å². The van der Waals surface area contributed by atoms with Crippen molar-refractivity contribution in [1.29, 1.82) is 0 Å². The summed E-state index contributed by atoms with van der Waals surface area (Å²) in [4.78, 5) is 21.1. The largest absolute Gasteiger partial charge is 0.433 e. The first-order valence-corrected chi connectivity index (χ1v) is 7.60. The minimum absolute atomic E-state index is 0.0919. The van der Waals surface area contributed by atoms with Crippen molar-refractivity contribution in [3.05, 3.63) is 41.6 Å².